The first-order valence-electron chi connectivity index (χ1n) is 7.73. The molecule has 0 saturated heterocycles. The van der Waals surface area contributed by atoms with Gasteiger partial charge >= 0.3 is 0 Å². The number of aliphatic hydroxyl groups excluding tert-OH is 1. The van der Waals surface area contributed by atoms with E-state index in [1.54, 1.807) is 0 Å². The van der Waals surface area contributed by atoms with E-state index < -0.39 is 0 Å². The molecule has 20 heavy (non-hydrogen) atoms. The molecular formula is C15H24N4O. The number of anilines is 2. The number of nitrogens with zero attached hydrogens (tertiary/aromatic N) is 2. The lowest BCUT2D eigenvalue weighted by Gasteiger charge is -2.16. The zero-order valence-corrected chi connectivity index (χ0v) is 12.3. The Bertz CT molecular complexity index is 483. The fraction of sp³-hybridized carbons (Fsp3) is 0.733. The topological polar surface area (TPSA) is 70.1 Å². The van der Waals surface area contributed by atoms with E-state index in [1.807, 2.05) is 6.92 Å². The maximum atomic E-state index is 9.98. The molecule has 1 unspecified atom stereocenters. The Morgan fingerprint density at radius 1 is 1.15 bits per heavy atom. The molecule has 2 aliphatic rings. The van der Waals surface area contributed by atoms with Crippen molar-refractivity contribution in [3.8, 4) is 0 Å². The predicted molar refractivity (Wildman–Crippen MR) is 80.1 cm³/mol. The van der Waals surface area contributed by atoms with Crippen LogP contribution in [0.4, 0.5) is 11.6 Å². The summed E-state index contributed by atoms with van der Waals surface area (Å²) in [5, 5.41) is 16.6. The van der Waals surface area contributed by atoms with Crippen molar-refractivity contribution in [1.82, 2.24) is 9.97 Å². The highest BCUT2D eigenvalue weighted by atomic mass is 16.3. The van der Waals surface area contributed by atoms with Crippen LogP contribution in [0.25, 0.3) is 0 Å². The summed E-state index contributed by atoms with van der Waals surface area (Å²) >= 11 is 0. The van der Waals surface area contributed by atoms with Gasteiger partial charge in [-0.3, -0.25) is 0 Å². The van der Waals surface area contributed by atoms with E-state index in [-0.39, 0.29) is 6.10 Å². The second kappa shape index (κ2) is 5.56. The van der Waals surface area contributed by atoms with Crippen LogP contribution in [-0.2, 0) is 0 Å². The Hall–Kier alpha value is -1.36. The van der Waals surface area contributed by atoms with Crippen molar-refractivity contribution in [2.45, 2.75) is 51.6 Å². The molecule has 3 N–H and O–H groups in total. The van der Waals surface area contributed by atoms with Crippen LogP contribution < -0.4 is 10.6 Å². The second-order valence-corrected chi connectivity index (χ2v) is 5.99. The molecule has 0 aromatic carbocycles. The molecule has 0 spiro atoms. The fourth-order valence-corrected chi connectivity index (χ4v) is 2.42. The number of hydrogen-bond donors (Lipinski definition) is 3. The molecule has 5 heteroatoms. The van der Waals surface area contributed by atoms with Gasteiger partial charge in [0.25, 0.3) is 0 Å². The van der Waals surface area contributed by atoms with E-state index in [0.29, 0.717) is 18.4 Å². The summed E-state index contributed by atoms with van der Waals surface area (Å²) in [5.74, 6) is 3.75. The molecule has 110 valence electrons. The summed E-state index contributed by atoms with van der Waals surface area (Å²) in [6, 6.07) is 0. The quantitative estimate of drug-likeness (QED) is 0.713. The zero-order chi connectivity index (χ0) is 14.1. The molecule has 0 amide bonds. The Morgan fingerprint density at radius 3 is 2.35 bits per heavy atom. The van der Waals surface area contributed by atoms with Crippen molar-refractivity contribution in [3.63, 3.8) is 0 Å². The van der Waals surface area contributed by atoms with E-state index in [1.165, 1.54) is 12.8 Å². The van der Waals surface area contributed by atoms with Gasteiger partial charge in [-0.25, -0.2) is 9.97 Å². The minimum atomic E-state index is -0.253. The van der Waals surface area contributed by atoms with Gasteiger partial charge in [-0.15, -0.1) is 0 Å². The van der Waals surface area contributed by atoms with Crippen LogP contribution in [-0.4, -0.2) is 34.3 Å². The third-order valence-corrected chi connectivity index (χ3v) is 4.09. The van der Waals surface area contributed by atoms with E-state index in [9.17, 15) is 5.11 Å². The van der Waals surface area contributed by atoms with Crippen LogP contribution in [0.3, 0.4) is 0 Å². The average Bonchev–Trinajstić information content (AvgIpc) is 3.30. The van der Waals surface area contributed by atoms with E-state index >= 15 is 0 Å². The summed E-state index contributed by atoms with van der Waals surface area (Å²) < 4.78 is 0. The molecule has 1 aromatic rings. The fourth-order valence-electron chi connectivity index (χ4n) is 2.42. The Balaban J connectivity index is 1.75. The zero-order valence-electron chi connectivity index (χ0n) is 12.3. The highest BCUT2D eigenvalue weighted by molar-refractivity contribution is 5.57. The third kappa shape index (κ3) is 3.03. The van der Waals surface area contributed by atoms with Gasteiger partial charge in [-0.1, -0.05) is 0 Å². The first-order valence-corrected chi connectivity index (χ1v) is 7.73. The Morgan fingerprint density at radius 2 is 1.80 bits per heavy atom. The van der Waals surface area contributed by atoms with Crippen LogP contribution in [0.1, 0.15) is 49.9 Å². The highest BCUT2D eigenvalue weighted by Crippen LogP contribution is 2.39. The van der Waals surface area contributed by atoms with Gasteiger partial charge in [-0.2, -0.15) is 0 Å². The van der Waals surface area contributed by atoms with Gasteiger partial charge in [0.05, 0.1) is 6.10 Å². The lowest BCUT2D eigenvalue weighted by atomic mass is 10.2. The minimum Gasteiger partial charge on any atom is -0.391 e. The lowest BCUT2D eigenvalue weighted by Crippen LogP contribution is -2.23. The maximum Gasteiger partial charge on any atom is 0.136 e. The van der Waals surface area contributed by atoms with Crippen LogP contribution in [0.15, 0.2) is 0 Å². The van der Waals surface area contributed by atoms with Crippen molar-refractivity contribution in [3.05, 3.63) is 11.4 Å². The standard InChI is InChI=1S/C15H24N4O/c1-3-16-13-9(2)14(17-8-12(20)10-4-5-10)19-15(18-13)11-6-7-11/h10-12,20H,3-8H2,1-2H3,(H2,16,17,18,19). The van der Waals surface area contributed by atoms with Gasteiger partial charge in [0.1, 0.15) is 17.5 Å². The molecule has 2 fully saturated rings. The molecule has 1 aromatic heterocycles. The van der Waals surface area contributed by atoms with Crippen molar-refractivity contribution in [1.29, 1.82) is 0 Å². The summed E-state index contributed by atoms with van der Waals surface area (Å²) in [5.41, 5.74) is 1.04. The summed E-state index contributed by atoms with van der Waals surface area (Å²) in [4.78, 5) is 9.29. The highest BCUT2D eigenvalue weighted by Gasteiger charge is 2.30. The van der Waals surface area contributed by atoms with Crippen molar-refractivity contribution < 1.29 is 5.11 Å². The van der Waals surface area contributed by atoms with Crippen LogP contribution >= 0.6 is 0 Å². The molecule has 0 aliphatic heterocycles. The van der Waals surface area contributed by atoms with Crippen LogP contribution in [0, 0.1) is 12.8 Å². The summed E-state index contributed by atoms with van der Waals surface area (Å²) in [6.07, 6.45) is 4.44. The van der Waals surface area contributed by atoms with Crippen molar-refractivity contribution in [2.75, 3.05) is 23.7 Å². The normalized spacial score (nSPS) is 19.8. The van der Waals surface area contributed by atoms with Crippen molar-refractivity contribution >= 4 is 11.6 Å². The van der Waals surface area contributed by atoms with Gasteiger partial charge < -0.3 is 15.7 Å². The van der Waals surface area contributed by atoms with E-state index in [0.717, 1.165) is 42.4 Å². The molecule has 5 nitrogen and oxygen atoms in total. The first kappa shape index (κ1) is 13.6. The van der Waals surface area contributed by atoms with Gasteiger partial charge in [0, 0.05) is 24.6 Å². The van der Waals surface area contributed by atoms with Gasteiger partial charge in [0.2, 0.25) is 0 Å². The number of hydrogen-bond acceptors (Lipinski definition) is 5. The molecular weight excluding hydrogens is 252 g/mol. The van der Waals surface area contributed by atoms with Crippen LogP contribution in [0.2, 0.25) is 0 Å². The Labute approximate surface area is 120 Å². The molecule has 1 atom stereocenters. The van der Waals surface area contributed by atoms with Gasteiger partial charge in [-0.05, 0) is 45.4 Å². The predicted octanol–water partition coefficient (Wildman–Crippen LogP) is 2.28. The van der Waals surface area contributed by atoms with E-state index in [2.05, 4.69) is 27.5 Å². The number of rotatable bonds is 7. The minimum absolute atomic E-state index is 0.253. The molecule has 2 saturated carbocycles. The lowest BCUT2D eigenvalue weighted by molar-refractivity contribution is 0.164. The summed E-state index contributed by atoms with van der Waals surface area (Å²) in [7, 11) is 0. The van der Waals surface area contributed by atoms with Crippen molar-refractivity contribution in [2.24, 2.45) is 5.92 Å². The van der Waals surface area contributed by atoms with Gasteiger partial charge in [0.15, 0.2) is 0 Å². The SMILES string of the molecule is CCNc1nc(C2CC2)nc(NCC(O)C2CC2)c1C. The molecule has 0 bridgehead atoms. The van der Waals surface area contributed by atoms with E-state index in [4.69, 9.17) is 0 Å². The molecule has 3 rings (SSSR count). The molecule has 2 aliphatic carbocycles. The first-order chi connectivity index (χ1) is 9.69. The third-order valence-electron chi connectivity index (χ3n) is 4.09. The maximum absolute atomic E-state index is 9.98. The van der Waals surface area contributed by atoms with Crippen LogP contribution in [0.5, 0.6) is 0 Å². The smallest absolute Gasteiger partial charge is 0.136 e. The Kier molecular flexibility index (Phi) is 3.78. The average molecular weight is 276 g/mol. The molecule has 0 radical (unpaired) electrons. The second-order valence-electron chi connectivity index (χ2n) is 5.99. The molecule has 1 heterocycles. The number of nitrogens with one attached hydrogen (secondary N) is 2. The summed E-state index contributed by atoms with van der Waals surface area (Å²) in [6.45, 7) is 5.53. The monoisotopic (exact) mass is 276 g/mol. The largest absolute Gasteiger partial charge is 0.391 e. The number of aromatic nitrogens is 2. The number of aliphatic hydroxyl groups is 1.